The lowest BCUT2D eigenvalue weighted by atomic mass is 9.87. The highest BCUT2D eigenvalue weighted by molar-refractivity contribution is 6.47. The molecule has 0 fully saturated rings. The Bertz CT molecular complexity index is 3930. The molecule has 442 valence electrons. The van der Waals surface area contributed by atoms with Crippen molar-refractivity contribution < 1.29 is 0 Å². The molecule has 0 heterocycles. The number of fused-ring (bicyclic) bond motifs is 6. The molecule has 2 heteroatoms. The van der Waals surface area contributed by atoms with Gasteiger partial charge in [0.15, 0.2) is 0 Å². The lowest BCUT2D eigenvalue weighted by Gasteiger charge is -2.27. The Morgan fingerprint density at radius 3 is 0.773 bits per heavy atom. The predicted molar refractivity (Wildman–Crippen MR) is 385 cm³/mol. The van der Waals surface area contributed by atoms with Gasteiger partial charge in [0.1, 0.15) is 0 Å². The van der Waals surface area contributed by atoms with Crippen LogP contribution in [0.4, 0.5) is 34.1 Å². The summed E-state index contributed by atoms with van der Waals surface area (Å²) in [5, 5.41) is 15.6. The summed E-state index contributed by atoms with van der Waals surface area (Å²) in [6, 6.07) is 84.8. The molecule has 13 rings (SSSR count). The Morgan fingerprint density at radius 1 is 0.216 bits per heavy atom. The van der Waals surface area contributed by atoms with Crippen molar-refractivity contribution in [1.82, 2.24) is 0 Å². The monoisotopic (exact) mass is 1150 g/mol. The number of benzene rings is 11. The smallest absolute Gasteiger partial charge is 0.0540 e. The number of nitrogens with zero attached hydrogens (tertiary/aromatic N) is 2. The molecule has 13 aromatic rings. The number of rotatable bonds is 28. The van der Waals surface area contributed by atoms with Gasteiger partial charge in [0, 0.05) is 33.5 Å². The van der Waals surface area contributed by atoms with E-state index in [0.29, 0.717) is 0 Å². The number of hydrogen-bond donors (Lipinski definition) is 0. The fourth-order valence-electron chi connectivity index (χ4n) is 14.7. The van der Waals surface area contributed by atoms with Crippen molar-refractivity contribution in [2.75, 3.05) is 9.80 Å². The third-order valence-electron chi connectivity index (χ3n) is 19.3. The van der Waals surface area contributed by atoms with Gasteiger partial charge in [-0.05, 0) is 210 Å². The fourth-order valence-corrected chi connectivity index (χ4v) is 14.7. The summed E-state index contributed by atoms with van der Waals surface area (Å²) in [6.45, 7) is 9.19. The van der Waals surface area contributed by atoms with Crippen LogP contribution in [0.5, 0.6) is 0 Å². The largest absolute Gasteiger partial charge is 0.310 e. The second-order valence-corrected chi connectivity index (χ2v) is 25.3. The minimum absolute atomic E-state index is 1.11. The second-order valence-electron chi connectivity index (χ2n) is 25.3. The average Bonchev–Trinajstić information content (AvgIpc) is 1.52. The maximum absolute atomic E-state index is 2.54. The van der Waals surface area contributed by atoms with Gasteiger partial charge in [-0.15, -0.1) is 0 Å². The van der Waals surface area contributed by atoms with Crippen LogP contribution in [-0.4, -0.2) is 0 Å². The van der Waals surface area contributed by atoms with Gasteiger partial charge in [0.25, 0.3) is 0 Å². The minimum atomic E-state index is 1.11. The first-order chi connectivity index (χ1) is 43.6. The third kappa shape index (κ3) is 11.6. The molecule has 0 N–H and O–H groups in total. The molecule has 0 saturated carbocycles. The van der Waals surface area contributed by atoms with Crippen molar-refractivity contribution in [2.24, 2.45) is 0 Å². The minimum Gasteiger partial charge on any atom is -0.310 e. The van der Waals surface area contributed by atoms with Crippen molar-refractivity contribution in [3.05, 3.63) is 241 Å². The van der Waals surface area contributed by atoms with E-state index in [1.54, 1.807) is 0 Å². The topological polar surface area (TPSA) is 6.48 Å². The van der Waals surface area contributed by atoms with Gasteiger partial charge in [-0.1, -0.05) is 262 Å². The quantitative estimate of drug-likeness (QED) is 0.0451. The molecule has 13 aromatic carbocycles. The zero-order valence-electron chi connectivity index (χ0n) is 52.8. The van der Waals surface area contributed by atoms with Crippen LogP contribution in [0.25, 0.3) is 86.9 Å². The first-order valence-electron chi connectivity index (χ1n) is 34.0. The van der Waals surface area contributed by atoms with Crippen LogP contribution in [0, 0.1) is 0 Å². The zero-order chi connectivity index (χ0) is 59.8. The highest BCUT2D eigenvalue weighted by Crippen LogP contribution is 2.58. The molecule has 0 aliphatic rings. The molecule has 0 aliphatic carbocycles. The first-order valence-corrected chi connectivity index (χ1v) is 34.0. The molecule has 0 unspecified atom stereocenters. The van der Waals surface area contributed by atoms with Gasteiger partial charge in [-0.2, -0.15) is 0 Å². The third-order valence-corrected chi connectivity index (χ3v) is 19.3. The maximum atomic E-state index is 2.54. The van der Waals surface area contributed by atoms with Crippen LogP contribution in [0.3, 0.4) is 0 Å². The summed E-state index contributed by atoms with van der Waals surface area (Å²) >= 11 is 0. The van der Waals surface area contributed by atoms with Crippen LogP contribution >= 0.6 is 0 Å². The van der Waals surface area contributed by atoms with E-state index >= 15 is 0 Å². The van der Waals surface area contributed by atoms with E-state index in [4.69, 9.17) is 0 Å². The van der Waals surface area contributed by atoms with Crippen LogP contribution in [0.15, 0.2) is 218 Å². The standard InChI is InChI=1S/C86H88N2/c1-5-9-13-19-29-61-41-49-67(50-42-61)87(68-51-43-62(44-52-68)30-20-14-10-6-2)77-59-57-75-81-71(77)37-27-39-73(81)83-79(65-33-23-17-24-34-65)86-76-58-60-78(72-38-28-40-74(82(72)76)84(86)80(85(75)83)66-35-25-18-26-36-66)88(69-53-45-63(46-54-69)31-21-15-11-7-3)70-55-47-64(48-56-70)32-22-16-12-8-4/h17-18,23-28,33-60H,5-16,19-22,29-32H2,1-4H3. The molecule has 0 saturated heterocycles. The Balaban J connectivity index is 1.04. The number of anilines is 6. The lowest BCUT2D eigenvalue weighted by Crippen LogP contribution is -2.10. The van der Waals surface area contributed by atoms with E-state index in [0.717, 1.165) is 25.7 Å². The summed E-state index contributed by atoms with van der Waals surface area (Å²) in [6.07, 6.45) is 24.7. The second kappa shape index (κ2) is 27.3. The van der Waals surface area contributed by atoms with Gasteiger partial charge in [0.2, 0.25) is 0 Å². The van der Waals surface area contributed by atoms with Gasteiger partial charge < -0.3 is 9.80 Å². The molecule has 0 spiro atoms. The van der Waals surface area contributed by atoms with Gasteiger partial charge in [-0.3, -0.25) is 0 Å². The molecule has 0 atom stereocenters. The number of aryl methyl sites for hydroxylation is 4. The van der Waals surface area contributed by atoms with Crippen LogP contribution in [-0.2, 0) is 25.7 Å². The molecule has 0 radical (unpaired) electrons. The predicted octanol–water partition coefficient (Wildman–Crippen LogP) is 26.2. The molecule has 2 nitrogen and oxygen atoms in total. The summed E-state index contributed by atoms with van der Waals surface area (Å²) in [5.41, 5.74) is 17.9. The van der Waals surface area contributed by atoms with Gasteiger partial charge in [-0.25, -0.2) is 0 Å². The van der Waals surface area contributed by atoms with E-state index in [2.05, 4.69) is 256 Å². The van der Waals surface area contributed by atoms with E-state index in [-0.39, 0.29) is 0 Å². The fraction of sp³-hybridized carbons (Fsp3) is 0.279. The average molecular weight is 1150 g/mol. The van der Waals surface area contributed by atoms with Crippen molar-refractivity contribution in [1.29, 1.82) is 0 Å². The molecule has 0 bridgehead atoms. The zero-order valence-corrected chi connectivity index (χ0v) is 52.8. The van der Waals surface area contributed by atoms with E-state index in [9.17, 15) is 0 Å². The lowest BCUT2D eigenvalue weighted by molar-refractivity contribution is 0.667. The van der Waals surface area contributed by atoms with Gasteiger partial charge in [0.05, 0.1) is 11.4 Å². The molecule has 0 amide bonds. The van der Waals surface area contributed by atoms with Crippen LogP contribution in [0.2, 0.25) is 0 Å². The molecule has 0 aromatic heterocycles. The SMILES string of the molecule is CCCCCCc1ccc(N(c2ccc(CCCCCC)cc2)c2ccc3c4c(-c5ccccc5)c5c6cccc7c(N(c8ccc(CCCCCC)cc8)c8ccc(CCCCCC)cc8)ccc(c5c(-c5ccccc5)c4c4cccc2c43)c76)cc1. The summed E-state index contributed by atoms with van der Waals surface area (Å²) in [5.74, 6) is 0. The molecular formula is C86H88N2. The van der Waals surface area contributed by atoms with E-state index in [1.807, 2.05) is 0 Å². The van der Waals surface area contributed by atoms with E-state index < -0.39 is 0 Å². The molecular weight excluding hydrogens is 1060 g/mol. The Kier molecular flexibility index (Phi) is 18.2. The van der Waals surface area contributed by atoms with Crippen LogP contribution < -0.4 is 9.80 Å². The highest BCUT2D eigenvalue weighted by atomic mass is 15.1. The molecule has 88 heavy (non-hydrogen) atoms. The van der Waals surface area contributed by atoms with Crippen molar-refractivity contribution in [3.63, 3.8) is 0 Å². The number of hydrogen-bond acceptors (Lipinski definition) is 2. The van der Waals surface area contributed by atoms with Gasteiger partial charge >= 0.3 is 0 Å². The summed E-state index contributed by atoms with van der Waals surface area (Å²) < 4.78 is 0. The van der Waals surface area contributed by atoms with E-state index in [1.165, 1.54) is 246 Å². The van der Waals surface area contributed by atoms with Crippen LogP contribution in [0.1, 0.15) is 153 Å². The first kappa shape index (κ1) is 58.6. The highest BCUT2D eigenvalue weighted by Gasteiger charge is 2.30. The normalized spacial score (nSPS) is 11.9. The van der Waals surface area contributed by atoms with Crippen molar-refractivity contribution >= 4 is 98.8 Å². The van der Waals surface area contributed by atoms with Crippen molar-refractivity contribution in [2.45, 2.75) is 156 Å². The Labute approximate surface area is 524 Å². The Morgan fingerprint density at radius 2 is 0.489 bits per heavy atom. The maximum Gasteiger partial charge on any atom is 0.0540 e. The molecule has 0 aliphatic heterocycles. The Hall–Kier alpha value is -8.46. The number of unbranched alkanes of at least 4 members (excludes halogenated alkanes) is 12. The van der Waals surface area contributed by atoms with Crippen molar-refractivity contribution in [3.8, 4) is 22.3 Å². The summed E-state index contributed by atoms with van der Waals surface area (Å²) in [4.78, 5) is 5.07. The summed E-state index contributed by atoms with van der Waals surface area (Å²) in [7, 11) is 0.